The first kappa shape index (κ1) is 11.2. The quantitative estimate of drug-likeness (QED) is 0.776. The van der Waals surface area contributed by atoms with Crippen LogP contribution in [-0.2, 0) is 16.1 Å². The summed E-state index contributed by atoms with van der Waals surface area (Å²) in [6.45, 7) is 4.13. The lowest BCUT2D eigenvalue weighted by Crippen LogP contribution is -2.36. The van der Waals surface area contributed by atoms with Crippen molar-refractivity contribution in [1.82, 2.24) is 0 Å². The van der Waals surface area contributed by atoms with Crippen molar-refractivity contribution >= 4 is 17.3 Å². The molecular formula is C10H15NO2S. The highest BCUT2D eigenvalue weighted by Crippen LogP contribution is 2.10. The van der Waals surface area contributed by atoms with Gasteiger partial charge >= 0.3 is 5.97 Å². The Morgan fingerprint density at radius 1 is 1.64 bits per heavy atom. The van der Waals surface area contributed by atoms with E-state index in [0.29, 0.717) is 6.61 Å². The molecule has 14 heavy (non-hydrogen) atoms. The highest BCUT2D eigenvalue weighted by atomic mass is 32.1. The lowest BCUT2D eigenvalue weighted by molar-refractivity contribution is -0.147. The van der Waals surface area contributed by atoms with Crippen molar-refractivity contribution in [3.05, 3.63) is 22.4 Å². The zero-order valence-corrected chi connectivity index (χ0v) is 9.21. The first-order chi connectivity index (χ1) is 6.61. The minimum Gasteiger partial charge on any atom is -0.459 e. The standard InChI is InChI=1S/C10H15NO2S/c1-7(2)9(11)10(12)13-6-8-4-3-5-14-8/h3-5,7,9H,6,11H2,1-2H3. The highest BCUT2D eigenvalue weighted by Gasteiger charge is 2.18. The molecule has 0 aliphatic heterocycles. The van der Waals surface area contributed by atoms with Crippen LogP contribution in [0.25, 0.3) is 0 Å². The summed E-state index contributed by atoms with van der Waals surface area (Å²) in [6, 6.07) is 3.34. The molecule has 2 N–H and O–H groups in total. The van der Waals surface area contributed by atoms with Crippen LogP contribution >= 0.6 is 11.3 Å². The van der Waals surface area contributed by atoms with Crippen LogP contribution in [0.3, 0.4) is 0 Å². The molecule has 0 aliphatic rings. The molecule has 1 rings (SSSR count). The Kier molecular flexibility index (Phi) is 4.10. The van der Waals surface area contributed by atoms with Gasteiger partial charge in [0, 0.05) is 4.88 Å². The van der Waals surface area contributed by atoms with Gasteiger partial charge in [-0.2, -0.15) is 0 Å². The van der Waals surface area contributed by atoms with Crippen molar-refractivity contribution in [3.8, 4) is 0 Å². The molecule has 1 heterocycles. The number of carbonyl (C=O) groups excluding carboxylic acids is 1. The maximum Gasteiger partial charge on any atom is 0.323 e. The zero-order chi connectivity index (χ0) is 10.6. The van der Waals surface area contributed by atoms with Crippen LogP contribution in [-0.4, -0.2) is 12.0 Å². The van der Waals surface area contributed by atoms with Gasteiger partial charge in [-0.25, -0.2) is 0 Å². The third-order valence-corrected chi connectivity index (χ3v) is 2.78. The molecule has 1 unspecified atom stereocenters. The first-order valence-electron chi connectivity index (χ1n) is 4.56. The summed E-state index contributed by atoms with van der Waals surface area (Å²) < 4.78 is 5.06. The predicted octanol–water partition coefficient (Wildman–Crippen LogP) is 1.77. The lowest BCUT2D eigenvalue weighted by atomic mass is 10.1. The fourth-order valence-corrected chi connectivity index (χ4v) is 1.52. The Bertz CT molecular complexity index is 282. The van der Waals surface area contributed by atoms with Crippen molar-refractivity contribution in [1.29, 1.82) is 0 Å². The van der Waals surface area contributed by atoms with Crippen LogP contribution in [0.15, 0.2) is 17.5 Å². The van der Waals surface area contributed by atoms with Gasteiger partial charge in [-0.15, -0.1) is 11.3 Å². The van der Waals surface area contributed by atoms with E-state index in [0.717, 1.165) is 4.88 Å². The van der Waals surface area contributed by atoms with Gasteiger partial charge in [0.1, 0.15) is 12.6 Å². The molecule has 4 heteroatoms. The van der Waals surface area contributed by atoms with Crippen LogP contribution in [0.2, 0.25) is 0 Å². The predicted molar refractivity (Wildman–Crippen MR) is 56.9 cm³/mol. The van der Waals surface area contributed by atoms with E-state index in [1.807, 2.05) is 31.4 Å². The van der Waals surface area contributed by atoms with Gasteiger partial charge in [-0.3, -0.25) is 4.79 Å². The maximum atomic E-state index is 11.3. The second-order valence-electron chi connectivity index (χ2n) is 3.46. The fourth-order valence-electron chi connectivity index (χ4n) is 0.905. The smallest absolute Gasteiger partial charge is 0.323 e. The summed E-state index contributed by atoms with van der Waals surface area (Å²) in [7, 11) is 0. The Balaban J connectivity index is 2.35. The Morgan fingerprint density at radius 2 is 2.36 bits per heavy atom. The molecule has 0 saturated carbocycles. The fraction of sp³-hybridized carbons (Fsp3) is 0.500. The third kappa shape index (κ3) is 3.12. The van der Waals surface area contributed by atoms with E-state index in [-0.39, 0.29) is 11.9 Å². The van der Waals surface area contributed by atoms with Crippen LogP contribution in [0.5, 0.6) is 0 Å². The molecule has 0 spiro atoms. The Labute approximate surface area is 87.9 Å². The van der Waals surface area contributed by atoms with E-state index in [2.05, 4.69) is 0 Å². The molecule has 0 amide bonds. The molecule has 0 aliphatic carbocycles. The van der Waals surface area contributed by atoms with Gasteiger partial charge in [-0.1, -0.05) is 19.9 Å². The average molecular weight is 213 g/mol. The second kappa shape index (κ2) is 5.12. The van der Waals surface area contributed by atoms with E-state index in [1.165, 1.54) is 0 Å². The monoisotopic (exact) mass is 213 g/mol. The van der Waals surface area contributed by atoms with E-state index < -0.39 is 6.04 Å². The number of esters is 1. The van der Waals surface area contributed by atoms with Crippen molar-refractivity contribution in [3.63, 3.8) is 0 Å². The number of rotatable bonds is 4. The lowest BCUT2D eigenvalue weighted by Gasteiger charge is -2.13. The minimum absolute atomic E-state index is 0.117. The average Bonchev–Trinajstić information content (AvgIpc) is 2.65. The largest absolute Gasteiger partial charge is 0.459 e. The van der Waals surface area contributed by atoms with Gasteiger partial charge < -0.3 is 10.5 Å². The van der Waals surface area contributed by atoms with Crippen molar-refractivity contribution in [2.45, 2.75) is 26.5 Å². The summed E-state index contributed by atoms with van der Waals surface area (Å²) in [5, 5.41) is 1.95. The Morgan fingerprint density at radius 3 is 2.86 bits per heavy atom. The molecule has 0 aromatic carbocycles. The van der Waals surface area contributed by atoms with Gasteiger partial charge in [0.25, 0.3) is 0 Å². The summed E-state index contributed by atoms with van der Waals surface area (Å²) in [6.07, 6.45) is 0. The summed E-state index contributed by atoms with van der Waals surface area (Å²) in [5.74, 6) is -0.209. The van der Waals surface area contributed by atoms with E-state index in [4.69, 9.17) is 10.5 Å². The van der Waals surface area contributed by atoms with Crippen LogP contribution in [0, 0.1) is 5.92 Å². The first-order valence-corrected chi connectivity index (χ1v) is 5.44. The molecule has 78 valence electrons. The zero-order valence-electron chi connectivity index (χ0n) is 8.40. The third-order valence-electron chi connectivity index (χ3n) is 1.93. The van der Waals surface area contributed by atoms with Gasteiger partial charge in [-0.05, 0) is 17.4 Å². The van der Waals surface area contributed by atoms with E-state index >= 15 is 0 Å². The van der Waals surface area contributed by atoms with Crippen molar-refractivity contribution < 1.29 is 9.53 Å². The van der Waals surface area contributed by atoms with Crippen molar-refractivity contribution in [2.24, 2.45) is 11.7 Å². The molecule has 0 bridgehead atoms. The number of ether oxygens (including phenoxy) is 1. The minimum atomic E-state index is -0.519. The maximum absolute atomic E-state index is 11.3. The topological polar surface area (TPSA) is 52.3 Å². The number of thiophene rings is 1. The molecule has 1 aromatic heterocycles. The van der Waals surface area contributed by atoms with Crippen LogP contribution in [0.1, 0.15) is 18.7 Å². The molecule has 3 nitrogen and oxygen atoms in total. The summed E-state index contributed by atoms with van der Waals surface area (Å²) >= 11 is 1.57. The molecule has 1 atom stereocenters. The van der Waals surface area contributed by atoms with Crippen molar-refractivity contribution in [2.75, 3.05) is 0 Å². The number of nitrogens with two attached hydrogens (primary N) is 1. The molecular weight excluding hydrogens is 198 g/mol. The van der Waals surface area contributed by atoms with Gasteiger partial charge in [0.2, 0.25) is 0 Å². The summed E-state index contributed by atoms with van der Waals surface area (Å²) in [5.41, 5.74) is 5.63. The molecule has 0 radical (unpaired) electrons. The normalized spacial score (nSPS) is 12.9. The molecule has 1 aromatic rings. The molecule has 0 fully saturated rings. The second-order valence-corrected chi connectivity index (χ2v) is 4.49. The van der Waals surface area contributed by atoms with Crippen LogP contribution in [0.4, 0.5) is 0 Å². The van der Waals surface area contributed by atoms with Gasteiger partial charge in [0.05, 0.1) is 0 Å². The molecule has 0 saturated heterocycles. The summed E-state index contributed by atoms with van der Waals surface area (Å²) in [4.78, 5) is 12.4. The number of carbonyl (C=O) groups is 1. The van der Waals surface area contributed by atoms with E-state index in [1.54, 1.807) is 11.3 Å². The van der Waals surface area contributed by atoms with Gasteiger partial charge in [0.15, 0.2) is 0 Å². The van der Waals surface area contributed by atoms with Crippen LogP contribution < -0.4 is 5.73 Å². The number of hydrogen-bond donors (Lipinski definition) is 1. The van der Waals surface area contributed by atoms with E-state index in [9.17, 15) is 4.79 Å². The Hall–Kier alpha value is -0.870. The SMILES string of the molecule is CC(C)C(N)C(=O)OCc1cccs1. The number of hydrogen-bond acceptors (Lipinski definition) is 4. The highest BCUT2D eigenvalue weighted by molar-refractivity contribution is 7.09.